The molecule has 0 unspecified atom stereocenters. The van der Waals surface area contributed by atoms with E-state index in [4.69, 9.17) is 0 Å². The van der Waals surface area contributed by atoms with E-state index in [0.29, 0.717) is 12.3 Å². The molecular weight excluding hydrogens is 252 g/mol. The molecule has 1 N–H and O–H groups in total. The zero-order valence-corrected chi connectivity index (χ0v) is 12.2. The maximum atomic E-state index is 12.0. The van der Waals surface area contributed by atoms with Crippen LogP contribution in [0.3, 0.4) is 0 Å². The lowest BCUT2D eigenvalue weighted by Gasteiger charge is -2.16. The summed E-state index contributed by atoms with van der Waals surface area (Å²) in [5.74, 6) is 0.581. The molecule has 20 heavy (non-hydrogen) atoms. The third-order valence-electron chi connectivity index (χ3n) is 3.94. The smallest absolute Gasteiger partial charge is 0.224 e. The fraction of sp³-hybridized carbons (Fsp3) is 0.500. The summed E-state index contributed by atoms with van der Waals surface area (Å²) in [5.41, 5.74) is 1.54. The lowest BCUT2D eigenvalue weighted by atomic mass is 10.0. The largest absolute Gasteiger partial charge is 0.326 e. The molecule has 1 aliphatic rings. The number of amides is 2. The summed E-state index contributed by atoms with van der Waals surface area (Å²) in [6, 6.07) is 7.38. The lowest BCUT2D eigenvalue weighted by molar-refractivity contribution is -0.117. The molecule has 0 atom stereocenters. The highest BCUT2D eigenvalue weighted by atomic mass is 16.2. The van der Waals surface area contributed by atoms with Crippen LogP contribution in [0.1, 0.15) is 39.0 Å². The average molecular weight is 274 g/mol. The van der Waals surface area contributed by atoms with Crippen molar-refractivity contribution in [2.75, 3.05) is 17.3 Å². The van der Waals surface area contributed by atoms with Crippen LogP contribution < -0.4 is 10.2 Å². The number of rotatable bonds is 4. The van der Waals surface area contributed by atoms with Crippen molar-refractivity contribution in [3.8, 4) is 0 Å². The van der Waals surface area contributed by atoms with E-state index in [9.17, 15) is 9.59 Å². The van der Waals surface area contributed by atoms with Gasteiger partial charge in [0, 0.05) is 31.8 Å². The highest BCUT2D eigenvalue weighted by Gasteiger charge is 2.18. The molecular formula is C16H22N2O2. The molecule has 0 aromatic heterocycles. The number of hydrogen-bond donors (Lipinski definition) is 1. The van der Waals surface area contributed by atoms with Gasteiger partial charge in [-0.05, 0) is 37.0 Å². The normalized spacial score (nSPS) is 15.1. The quantitative estimate of drug-likeness (QED) is 0.916. The molecule has 0 saturated heterocycles. The number of nitrogens with zero attached hydrogens (tertiary/aromatic N) is 1. The molecule has 4 heteroatoms. The second-order valence-corrected chi connectivity index (χ2v) is 5.53. The van der Waals surface area contributed by atoms with Gasteiger partial charge in [0.25, 0.3) is 0 Å². The number of benzene rings is 1. The molecule has 2 amide bonds. The van der Waals surface area contributed by atoms with Crippen LogP contribution >= 0.6 is 0 Å². The van der Waals surface area contributed by atoms with Crippen molar-refractivity contribution in [1.29, 1.82) is 0 Å². The van der Waals surface area contributed by atoms with E-state index in [1.807, 2.05) is 24.3 Å². The number of anilines is 2. The molecule has 1 saturated carbocycles. The van der Waals surface area contributed by atoms with Gasteiger partial charge in [-0.1, -0.05) is 18.9 Å². The molecule has 1 aromatic carbocycles. The van der Waals surface area contributed by atoms with E-state index in [-0.39, 0.29) is 11.8 Å². The van der Waals surface area contributed by atoms with Gasteiger partial charge in [-0.2, -0.15) is 0 Å². The van der Waals surface area contributed by atoms with E-state index >= 15 is 0 Å². The molecule has 2 rings (SSSR count). The number of carbonyl (C=O) groups is 2. The Kier molecular flexibility index (Phi) is 4.77. The maximum Gasteiger partial charge on any atom is 0.224 e. The van der Waals surface area contributed by atoms with E-state index in [2.05, 4.69) is 5.32 Å². The molecule has 1 fully saturated rings. The van der Waals surface area contributed by atoms with Gasteiger partial charge in [0.1, 0.15) is 0 Å². The SMILES string of the molecule is CC(=O)N(C)c1cccc(NC(=O)CC2CCCC2)c1. The van der Waals surface area contributed by atoms with E-state index in [1.54, 1.807) is 11.9 Å². The fourth-order valence-electron chi connectivity index (χ4n) is 2.66. The first-order valence-electron chi connectivity index (χ1n) is 7.20. The number of nitrogens with one attached hydrogen (secondary N) is 1. The molecule has 1 aliphatic carbocycles. The Labute approximate surface area is 120 Å². The Morgan fingerprint density at radius 1 is 1.30 bits per heavy atom. The standard InChI is InChI=1S/C16H22N2O2/c1-12(19)18(2)15-9-5-8-14(11-15)17-16(20)10-13-6-3-4-7-13/h5,8-9,11,13H,3-4,6-7,10H2,1-2H3,(H,17,20). The van der Waals surface area contributed by atoms with Crippen molar-refractivity contribution < 1.29 is 9.59 Å². The van der Waals surface area contributed by atoms with Crippen LogP contribution in [0.2, 0.25) is 0 Å². The summed E-state index contributed by atoms with van der Waals surface area (Å²) < 4.78 is 0. The summed E-state index contributed by atoms with van der Waals surface area (Å²) in [7, 11) is 1.72. The molecule has 108 valence electrons. The van der Waals surface area contributed by atoms with Gasteiger partial charge in [-0.25, -0.2) is 0 Å². The monoisotopic (exact) mass is 274 g/mol. The Morgan fingerprint density at radius 2 is 2.00 bits per heavy atom. The van der Waals surface area contributed by atoms with Gasteiger partial charge in [-0.15, -0.1) is 0 Å². The predicted molar refractivity (Wildman–Crippen MR) is 80.7 cm³/mol. The molecule has 0 aliphatic heterocycles. The minimum Gasteiger partial charge on any atom is -0.326 e. The van der Waals surface area contributed by atoms with E-state index in [0.717, 1.165) is 11.4 Å². The van der Waals surface area contributed by atoms with Crippen LogP contribution in [0, 0.1) is 5.92 Å². The van der Waals surface area contributed by atoms with Crippen molar-refractivity contribution >= 4 is 23.2 Å². The van der Waals surface area contributed by atoms with Crippen molar-refractivity contribution in [2.45, 2.75) is 39.0 Å². The summed E-state index contributed by atoms with van der Waals surface area (Å²) in [4.78, 5) is 24.9. The molecule has 4 nitrogen and oxygen atoms in total. The summed E-state index contributed by atoms with van der Waals surface area (Å²) in [6.07, 6.45) is 5.43. The van der Waals surface area contributed by atoms with Crippen molar-refractivity contribution in [3.05, 3.63) is 24.3 Å². The fourth-order valence-corrected chi connectivity index (χ4v) is 2.66. The first-order chi connectivity index (χ1) is 9.56. The number of carbonyl (C=O) groups excluding carboxylic acids is 2. The predicted octanol–water partition coefficient (Wildman–Crippen LogP) is 3.19. The molecule has 1 aromatic rings. The topological polar surface area (TPSA) is 49.4 Å². The van der Waals surface area contributed by atoms with Crippen LogP contribution in [0.25, 0.3) is 0 Å². The minimum atomic E-state index is -0.0283. The zero-order valence-electron chi connectivity index (χ0n) is 12.2. The van der Waals surface area contributed by atoms with E-state index < -0.39 is 0 Å². The molecule has 0 radical (unpaired) electrons. The zero-order chi connectivity index (χ0) is 14.5. The molecule has 0 spiro atoms. The third kappa shape index (κ3) is 3.83. The van der Waals surface area contributed by atoms with Crippen LogP contribution in [0.4, 0.5) is 11.4 Å². The first-order valence-corrected chi connectivity index (χ1v) is 7.20. The first kappa shape index (κ1) is 14.6. The lowest BCUT2D eigenvalue weighted by Crippen LogP contribution is -2.23. The number of hydrogen-bond acceptors (Lipinski definition) is 2. The highest BCUT2D eigenvalue weighted by molar-refractivity contribution is 5.94. The summed E-state index contributed by atoms with van der Waals surface area (Å²) in [5, 5.41) is 2.93. The Morgan fingerprint density at radius 3 is 2.65 bits per heavy atom. The average Bonchev–Trinajstić information content (AvgIpc) is 2.90. The third-order valence-corrected chi connectivity index (χ3v) is 3.94. The maximum absolute atomic E-state index is 12.0. The van der Waals surface area contributed by atoms with Crippen molar-refractivity contribution in [3.63, 3.8) is 0 Å². The highest BCUT2D eigenvalue weighted by Crippen LogP contribution is 2.28. The molecule has 0 bridgehead atoms. The van der Waals surface area contributed by atoms with Crippen LogP contribution in [0.15, 0.2) is 24.3 Å². The van der Waals surface area contributed by atoms with Crippen LogP contribution in [0.5, 0.6) is 0 Å². The van der Waals surface area contributed by atoms with Gasteiger partial charge >= 0.3 is 0 Å². The van der Waals surface area contributed by atoms with Crippen molar-refractivity contribution in [1.82, 2.24) is 0 Å². The second kappa shape index (κ2) is 6.55. The minimum absolute atomic E-state index is 0.0283. The van der Waals surface area contributed by atoms with Crippen LogP contribution in [-0.2, 0) is 9.59 Å². The van der Waals surface area contributed by atoms with Crippen LogP contribution in [-0.4, -0.2) is 18.9 Å². The van der Waals surface area contributed by atoms with Gasteiger partial charge in [0.05, 0.1) is 0 Å². The second-order valence-electron chi connectivity index (χ2n) is 5.53. The summed E-state index contributed by atoms with van der Waals surface area (Å²) >= 11 is 0. The van der Waals surface area contributed by atoms with Gasteiger partial charge in [0.2, 0.25) is 11.8 Å². The van der Waals surface area contributed by atoms with E-state index in [1.165, 1.54) is 32.6 Å². The molecule has 0 heterocycles. The Bertz CT molecular complexity index is 493. The summed E-state index contributed by atoms with van der Waals surface area (Å²) in [6.45, 7) is 1.52. The van der Waals surface area contributed by atoms with Gasteiger partial charge < -0.3 is 10.2 Å². The van der Waals surface area contributed by atoms with Crippen molar-refractivity contribution in [2.24, 2.45) is 5.92 Å². The Hall–Kier alpha value is -1.84. The Balaban J connectivity index is 1.96. The van der Waals surface area contributed by atoms with Gasteiger partial charge in [-0.3, -0.25) is 9.59 Å². The van der Waals surface area contributed by atoms with Gasteiger partial charge in [0.15, 0.2) is 0 Å².